The van der Waals surface area contributed by atoms with Crippen molar-refractivity contribution in [3.63, 3.8) is 0 Å². The average Bonchev–Trinajstić information content (AvgIpc) is 2.35. The fourth-order valence-electron chi connectivity index (χ4n) is 1.35. The molecule has 0 radical (unpaired) electrons. The van der Waals surface area contributed by atoms with Crippen molar-refractivity contribution in [2.24, 2.45) is 0 Å². The molecule has 0 aromatic rings. The fraction of sp³-hybridized carbons (Fsp3) is 0.533. The Kier molecular flexibility index (Phi) is 11.2. The van der Waals surface area contributed by atoms with E-state index in [0.717, 1.165) is 38.5 Å². The van der Waals surface area contributed by atoms with Crippen LogP contribution >= 0.6 is 0 Å². The van der Waals surface area contributed by atoms with Gasteiger partial charge in [0.05, 0.1) is 6.61 Å². The molecule has 2 nitrogen and oxygen atoms in total. The van der Waals surface area contributed by atoms with Gasteiger partial charge in [0.2, 0.25) is 5.83 Å². The van der Waals surface area contributed by atoms with Crippen LogP contribution in [0.4, 0.5) is 4.39 Å². The van der Waals surface area contributed by atoms with Crippen LogP contribution in [0.15, 0.2) is 36.7 Å². The highest BCUT2D eigenvalue weighted by atomic mass is 19.1. The molecule has 3 heteroatoms. The first-order chi connectivity index (χ1) is 8.68. The maximum absolute atomic E-state index is 12.2. The number of hydrogen-bond donors (Lipinski definition) is 0. The largest absolute Gasteiger partial charge is 0.460 e. The van der Waals surface area contributed by atoms with Gasteiger partial charge in [0, 0.05) is 0 Å². The molecule has 0 aromatic heterocycles. The molecule has 0 heterocycles. The maximum Gasteiger partial charge on any atom is 0.366 e. The van der Waals surface area contributed by atoms with Crippen LogP contribution in [-0.4, -0.2) is 12.6 Å². The minimum absolute atomic E-state index is 0.275. The Bertz CT molecular complexity index is 293. The first kappa shape index (κ1) is 16.6. The van der Waals surface area contributed by atoms with Gasteiger partial charge in [0.15, 0.2) is 0 Å². The van der Waals surface area contributed by atoms with Crippen molar-refractivity contribution in [1.29, 1.82) is 0 Å². The SMILES string of the molecule is C=C(F)C(=O)OCCCCCC/C=C/C=C\CC. The van der Waals surface area contributed by atoms with Crippen molar-refractivity contribution in [1.82, 2.24) is 0 Å². The smallest absolute Gasteiger partial charge is 0.366 e. The van der Waals surface area contributed by atoms with Crippen LogP contribution in [0.3, 0.4) is 0 Å². The third-order valence-corrected chi connectivity index (χ3v) is 2.34. The number of carbonyl (C=O) groups is 1. The molecule has 0 N–H and O–H groups in total. The summed E-state index contributed by atoms with van der Waals surface area (Å²) in [6.07, 6.45) is 14.5. The van der Waals surface area contributed by atoms with Gasteiger partial charge in [-0.05, 0) is 25.7 Å². The third kappa shape index (κ3) is 11.1. The Morgan fingerprint density at radius 3 is 2.50 bits per heavy atom. The first-order valence-electron chi connectivity index (χ1n) is 6.51. The lowest BCUT2D eigenvalue weighted by atomic mass is 10.1. The van der Waals surface area contributed by atoms with Gasteiger partial charge in [-0.1, -0.05) is 50.6 Å². The van der Waals surface area contributed by atoms with Gasteiger partial charge in [0.1, 0.15) is 0 Å². The van der Waals surface area contributed by atoms with E-state index in [1.54, 1.807) is 0 Å². The molecule has 102 valence electrons. The summed E-state index contributed by atoms with van der Waals surface area (Å²) >= 11 is 0. The second-order valence-corrected chi connectivity index (χ2v) is 4.01. The average molecular weight is 254 g/mol. The number of ether oxygens (including phenoxy) is 1. The lowest BCUT2D eigenvalue weighted by Gasteiger charge is -2.02. The Morgan fingerprint density at radius 2 is 1.83 bits per heavy atom. The molecule has 0 fully saturated rings. The van der Waals surface area contributed by atoms with Crippen LogP contribution in [0, 0.1) is 0 Å². The number of hydrogen-bond acceptors (Lipinski definition) is 2. The van der Waals surface area contributed by atoms with E-state index >= 15 is 0 Å². The molecule has 0 unspecified atom stereocenters. The molecule has 0 saturated carbocycles. The van der Waals surface area contributed by atoms with Crippen LogP contribution < -0.4 is 0 Å². The monoisotopic (exact) mass is 254 g/mol. The molecular formula is C15H23FO2. The molecule has 18 heavy (non-hydrogen) atoms. The molecule has 0 atom stereocenters. The summed E-state index contributed by atoms with van der Waals surface area (Å²) in [5, 5.41) is 0. The molecule has 0 amide bonds. The van der Waals surface area contributed by atoms with E-state index in [9.17, 15) is 9.18 Å². The molecule has 0 rings (SSSR count). The van der Waals surface area contributed by atoms with E-state index in [1.807, 2.05) is 0 Å². The molecule has 0 aromatic carbocycles. The minimum atomic E-state index is -1.03. The zero-order valence-electron chi connectivity index (χ0n) is 11.2. The fourth-order valence-corrected chi connectivity index (χ4v) is 1.35. The van der Waals surface area contributed by atoms with Gasteiger partial charge >= 0.3 is 5.97 Å². The van der Waals surface area contributed by atoms with E-state index in [-0.39, 0.29) is 6.61 Å². The van der Waals surface area contributed by atoms with Crippen LogP contribution in [0.25, 0.3) is 0 Å². The van der Waals surface area contributed by atoms with E-state index in [1.165, 1.54) is 0 Å². The maximum atomic E-state index is 12.2. The van der Waals surface area contributed by atoms with Crippen molar-refractivity contribution in [3.8, 4) is 0 Å². The second kappa shape index (κ2) is 12.1. The lowest BCUT2D eigenvalue weighted by molar-refractivity contribution is -0.140. The molecule has 0 spiro atoms. The van der Waals surface area contributed by atoms with Gasteiger partial charge in [-0.3, -0.25) is 0 Å². The van der Waals surface area contributed by atoms with Crippen LogP contribution in [0.2, 0.25) is 0 Å². The summed E-state index contributed by atoms with van der Waals surface area (Å²) in [4.78, 5) is 10.7. The van der Waals surface area contributed by atoms with E-state index in [0.29, 0.717) is 0 Å². The summed E-state index contributed by atoms with van der Waals surface area (Å²) in [7, 11) is 0. The summed E-state index contributed by atoms with van der Waals surface area (Å²) in [6.45, 7) is 5.25. The number of unbranched alkanes of at least 4 members (excludes halogenated alkanes) is 4. The highest BCUT2D eigenvalue weighted by molar-refractivity contribution is 5.85. The summed E-state index contributed by atoms with van der Waals surface area (Å²) in [5.41, 5.74) is 0. The highest BCUT2D eigenvalue weighted by Gasteiger charge is 2.05. The Labute approximate surface area is 109 Å². The van der Waals surface area contributed by atoms with Crippen LogP contribution in [0.1, 0.15) is 45.4 Å². The Morgan fingerprint density at radius 1 is 1.17 bits per heavy atom. The van der Waals surface area contributed by atoms with Gasteiger partial charge in [-0.2, -0.15) is 4.39 Å². The Hall–Kier alpha value is -1.38. The van der Waals surface area contributed by atoms with Crippen molar-refractivity contribution in [3.05, 3.63) is 36.7 Å². The molecule has 0 aliphatic carbocycles. The van der Waals surface area contributed by atoms with Crippen molar-refractivity contribution < 1.29 is 13.9 Å². The van der Waals surface area contributed by atoms with Crippen molar-refractivity contribution in [2.75, 3.05) is 6.61 Å². The first-order valence-corrected chi connectivity index (χ1v) is 6.51. The van der Waals surface area contributed by atoms with E-state index in [2.05, 4.69) is 42.5 Å². The van der Waals surface area contributed by atoms with Gasteiger partial charge < -0.3 is 4.74 Å². The molecule has 0 aliphatic rings. The third-order valence-electron chi connectivity index (χ3n) is 2.34. The Balaban J connectivity index is 3.26. The lowest BCUT2D eigenvalue weighted by Crippen LogP contribution is -2.05. The normalized spacial score (nSPS) is 11.2. The number of allylic oxidation sites excluding steroid dienone is 4. The quantitative estimate of drug-likeness (QED) is 0.248. The minimum Gasteiger partial charge on any atom is -0.460 e. The van der Waals surface area contributed by atoms with Gasteiger partial charge in [-0.25, -0.2) is 4.79 Å². The van der Waals surface area contributed by atoms with Gasteiger partial charge in [0.25, 0.3) is 0 Å². The van der Waals surface area contributed by atoms with Crippen molar-refractivity contribution >= 4 is 5.97 Å². The number of carbonyl (C=O) groups excluding carboxylic acids is 1. The standard InChI is InChI=1S/C15H23FO2/c1-3-4-5-6-7-8-9-10-11-12-13-18-15(17)14(2)16/h4-7H,2-3,8-13H2,1H3/b5-4-,7-6+. The van der Waals surface area contributed by atoms with E-state index < -0.39 is 11.8 Å². The number of rotatable bonds is 10. The number of esters is 1. The van der Waals surface area contributed by atoms with Crippen LogP contribution in [0.5, 0.6) is 0 Å². The van der Waals surface area contributed by atoms with Crippen LogP contribution in [-0.2, 0) is 9.53 Å². The molecular weight excluding hydrogens is 231 g/mol. The predicted molar refractivity (Wildman–Crippen MR) is 72.9 cm³/mol. The highest BCUT2D eigenvalue weighted by Crippen LogP contribution is 2.05. The summed E-state index contributed by atoms with van der Waals surface area (Å²) in [6, 6.07) is 0. The summed E-state index contributed by atoms with van der Waals surface area (Å²) < 4.78 is 16.9. The predicted octanol–water partition coefficient (Wildman–Crippen LogP) is 4.49. The number of halogens is 1. The van der Waals surface area contributed by atoms with E-state index in [4.69, 9.17) is 0 Å². The van der Waals surface area contributed by atoms with Crippen molar-refractivity contribution in [2.45, 2.75) is 45.4 Å². The van der Waals surface area contributed by atoms with Gasteiger partial charge in [-0.15, -0.1) is 0 Å². The zero-order chi connectivity index (χ0) is 13.6. The zero-order valence-corrected chi connectivity index (χ0v) is 11.2. The molecule has 0 saturated heterocycles. The second-order valence-electron chi connectivity index (χ2n) is 4.01. The molecule has 0 aliphatic heterocycles. The summed E-state index contributed by atoms with van der Waals surface area (Å²) in [5.74, 6) is -1.97. The topological polar surface area (TPSA) is 26.3 Å². The molecule has 0 bridgehead atoms.